The summed E-state index contributed by atoms with van der Waals surface area (Å²) in [4.78, 5) is 14.1. The van der Waals surface area contributed by atoms with Crippen LogP contribution in [0.5, 0.6) is 5.75 Å². The average molecular weight is 302 g/mol. The van der Waals surface area contributed by atoms with E-state index in [1.165, 1.54) is 5.56 Å². The van der Waals surface area contributed by atoms with Crippen LogP contribution in [-0.4, -0.2) is 19.1 Å². The van der Waals surface area contributed by atoms with Crippen LogP contribution >= 0.6 is 11.6 Å². The number of hydrogen-bond acceptors (Lipinski definition) is 2. The van der Waals surface area contributed by atoms with Crippen molar-refractivity contribution < 1.29 is 9.53 Å². The fraction of sp³-hybridized carbons (Fsp3) is 0.235. The number of amides is 1. The highest BCUT2D eigenvalue weighted by atomic mass is 35.5. The Kier molecular flexibility index (Phi) is 3.84. The van der Waals surface area contributed by atoms with Crippen LogP contribution in [0.2, 0.25) is 5.02 Å². The second-order valence-corrected chi connectivity index (χ2v) is 5.56. The molecule has 1 amide bonds. The third kappa shape index (κ3) is 2.88. The number of fused-ring (bicyclic) bond motifs is 1. The van der Waals surface area contributed by atoms with Gasteiger partial charge in [-0.3, -0.25) is 4.79 Å². The van der Waals surface area contributed by atoms with Crippen molar-refractivity contribution in [2.75, 3.05) is 18.1 Å². The molecule has 2 aromatic carbocycles. The van der Waals surface area contributed by atoms with Gasteiger partial charge < -0.3 is 9.64 Å². The minimum absolute atomic E-state index is 0.0192. The van der Waals surface area contributed by atoms with Crippen molar-refractivity contribution in [2.24, 2.45) is 0 Å². The van der Waals surface area contributed by atoms with Crippen LogP contribution in [0.3, 0.4) is 0 Å². The van der Waals surface area contributed by atoms with Gasteiger partial charge in [0.15, 0.2) is 6.61 Å². The van der Waals surface area contributed by atoms with Gasteiger partial charge in [-0.25, -0.2) is 0 Å². The highest BCUT2D eigenvalue weighted by molar-refractivity contribution is 6.30. The van der Waals surface area contributed by atoms with Crippen molar-refractivity contribution >= 4 is 23.2 Å². The Morgan fingerprint density at radius 1 is 1.29 bits per heavy atom. The maximum absolute atomic E-state index is 12.3. The van der Waals surface area contributed by atoms with Gasteiger partial charge in [-0.1, -0.05) is 29.8 Å². The molecule has 2 aromatic rings. The number of nitrogens with zero attached hydrogens (tertiary/aromatic N) is 1. The van der Waals surface area contributed by atoms with E-state index in [0.717, 1.165) is 24.2 Å². The van der Waals surface area contributed by atoms with Crippen molar-refractivity contribution in [2.45, 2.75) is 13.3 Å². The first-order valence-electron chi connectivity index (χ1n) is 6.92. The van der Waals surface area contributed by atoms with Crippen LogP contribution in [0, 0.1) is 6.92 Å². The predicted octanol–water partition coefficient (Wildman–Crippen LogP) is 3.62. The van der Waals surface area contributed by atoms with Gasteiger partial charge in [0.1, 0.15) is 5.75 Å². The number of carbonyl (C=O) groups excluding carboxylic acids is 1. The van der Waals surface area contributed by atoms with Crippen LogP contribution in [0.1, 0.15) is 11.1 Å². The van der Waals surface area contributed by atoms with Gasteiger partial charge in [-0.2, -0.15) is 0 Å². The number of benzene rings is 2. The van der Waals surface area contributed by atoms with E-state index < -0.39 is 0 Å². The predicted molar refractivity (Wildman–Crippen MR) is 84.2 cm³/mol. The van der Waals surface area contributed by atoms with Crippen LogP contribution in [0.25, 0.3) is 0 Å². The van der Waals surface area contributed by atoms with Gasteiger partial charge >= 0.3 is 0 Å². The molecule has 1 heterocycles. The molecule has 3 nitrogen and oxygen atoms in total. The summed E-state index contributed by atoms with van der Waals surface area (Å²) in [7, 11) is 0. The number of carbonyl (C=O) groups is 1. The quantitative estimate of drug-likeness (QED) is 0.866. The molecule has 0 fully saturated rings. The Morgan fingerprint density at radius 3 is 2.90 bits per heavy atom. The Bertz CT molecular complexity index is 684. The first-order valence-corrected chi connectivity index (χ1v) is 7.30. The topological polar surface area (TPSA) is 29.5 Å². The van der Waals surface area contributed by atoms with E-state index >= 15 is 0 Å². The molecule has 21 heavy (non-hydrogen) atoms. The monoisotopic (exact) mass is 301 g/mol. The summed E-state index contributed by atoms with van der Waals surface area (Å²) < 4.78 is 5.63. The summed E-state index contributed by atoms with van der Waals surface area (Å²) in [5, 5.41) is 0.666. The van der Waals surface area contributed by atoms with E-state index in [2.05, 4.69) is 6.07 Å². The Hall–Kier alpha value is -2.00. The number of anilines is 1. The van der Waals surface area contributed by atoms with Crippen LogP contribution in [0.15, 0.2) is 42.5 Å². The normalized spacial score (nSPS) is 13.1. The molecular weight excluding hydrogens is 286 g/mol. The Morgan fingerprint density at radius 2 is 2.10 bits per heavy atom. The second kappa shape index (κ2) is 5.78. The van der Waals surface area contributed by atoms with Gasteiger partial charge in [-0.05, 0) is 48.7 Å². The van der Waals surface area contributed by atoms with Gasteiger partial charge in [0.05, 0.1) is 0 Å². The Labute approximate surface area is 129 Å². The molecule has 4 heteroatoms. The number of para-hydroxylation sites is 1. The Balaban J connectivity index is 1.68. The molecular formula is C17H16ClNO2. The molecule has 0 saturated carbocycles. The van der Waals surface area contributed by atoms with Gasteiger partial charge in [0.2, 0.25) is 0 Å². The maximum atomic E-state index is 12.3. The summed E-state index contributed by atoms with van der Waals surface area (Å²) in [5.74, 6) is 0.675. The summed E-state index contributed by atoms with van der Waals surface area (Å²) in [6, 6.07) is 13.4. The number of halogens is 1. The summed E-state index contributed by atoms with van der Waals surface area (Å²) in [6.45, 7) is 2.68. The lowest BCUT2D eigenvalue weighted by molar-refractivity contribution is -0.120. The molecule has 0 aliphatic carbocycles. The van der Waals surface area contributed by atoms with E-state index in [0.29, 0.717) is 10.8 Å². The number of rotatable bonds is 3. The zero-order valence-electron chi connectivity index (χ0n) is 11.8. The highest BCUT2D eigenvalue weighted by Crippen LogP contribution is 2.28. The second-order valence-electron chi connectivity index (χ2n) is 5.12. The van der Waals surface area contributed by atoms with Crippen LogP contribution < -0.4 is 9.64 Å². The zero-order chi connectivity index (χ0) is 14.8. The van der Waals surface area contributed by atoms with Gasteiger partial charge in [-0.15, -0.1) is 0 Å². The minimum Gasteiger partial charge on any atom is -0.483 e. The third-order valence-corrected chi connectivity index (χ3v) is 3.91. The highest BCUT2D eigenvalue weighted by Gasteiger charge is 2.24. The van der Waals surface area contributed by atoms with E-state index in [9.17, 15) is 4.79 Å². The van der Waals surface area contributed by atoms with E-state index in [1.807, 2.05) is 31.2 Å². The lowest BCUT2D eigenvalue weighted by atomic mass is 10.2. The van der Waals surface area contributed by atoms with Crippen molar-refractivity contribution in [1.29, 1.82) is 0 Å². The number of hydrogen-bond donors (Lipinski definition) is 0. The summed E-state index contributed by atoms with van der Waals surface area (Å²) in [6.07, 6.45) is 0.905. The lowest BCUT2D eigenvalue weighted by Crippen LogP contribution is -2.33. The molecule has 0 atom stereocenters. The molecule has 1 aliphatic heterocycles. The van der Waals surface area contributed by atoms with Gasteiger partial charge in [0.25, 0.3) is 5.91 Å². The summed E-state index contributed by atoms with van der Waals surface area (Å²) >= 11 is 5.91. The van der Waals surface area contributed by atoms with E-state index in [4.69, 9.17) is 16.3 Å². The first kappa shape index (κ1) is 14.0. The SMILES string of the molecule is Cc1cc(Cl)ccc1OCC(=O)N1CCc2ccccc21. The van der Waals surface area contributed by atoms with Crippen molar-refractivity contribution in [3.05, 3.63) is 58.6 Å². The third-order valence-electron chi connectivity index (χ3n) is 3.68. The van der Waals surface area contributed by atoms with Crippen LogP contribution in [-0.2, 0) is 11.2 Å². The molecule has 0 saturated heterocycles. The zero-order valence-corrected chi connectivity index (χ0v) is 12.6. The molecule has 0 unspecified atom stereocenters. The molecule has 0 radical (unpaired) electrons. The van der Waals surface area contributed by atoms with E-state index in [-0.39, 0.29) is 12.5 Å². The molecule has 0 aromatic heterocycles. The molecule has 0 bridgehead atoms. The molecule has 3 rings (SSSR count). The number of aryl methyl sites for hydroxylation is 1. The minimum atomic E-state index is -0.0192. The molecule has 0 N–H and O–H groups in total. The fourth-order valence-corrected chi connectivity index (χ4v) is 2.82. The molecule has 0 spiro atoms. The molecule has 1 aliphatic rings. The average Bonchev–Trinajstić information content (AvgIpc) is 2.90. The standard InChI is InChI=1S/C17H16ClNO2/c1-12-10-14(18)6-7-16(12)21-11-17(20)19-9-8-13-4-2-3-5-15(13)19/h2-7,10H,8-9,11H2,1H3. The van der Waals surface area contributed by atoms with Crippen molar-refractivity contribution in [1.82, 2.24) is 0 Å². The smallest absolute Gasteiger partial charge is 0.264 e. The largest absolute Gasteiger partial charge is 0.483 e. The fourth-order valence-electron chi connectivity index (χ4n) is 2.59. The lowest BCUT2D eigenvalue weighted by Gasteiger charge is -2.18. The number of ether oxygens (including phenoxy) is 1. The summed E-state index contributed by atoms with van der Waals surface area (Å²) in [5.41, 5.74) is 3.14. The van der Waals surface area contributed by atoms with E-state index in [1.54, 1.807) is 17.0 Å². The first-order chi connectivity index (χ1) is 10.1. The van der Waals surface area contributed by atoms with Crippen LogP contribution in [0.4, 0.5) is 5.69 Å². The van der Waals surface area contributed by atoms with Crippen molar-refractivity contribution in [3.63, 3.8) is 0 Å². The maximum Gasteiger partial charge on any atom is 0.264 e. The van der Waals surface area contributed by atoms with Gasteiger partial charge in [0, 0.05) is 17.3 Å². The molecule has 108 valence electrons. The van der Waals surface area contributed by atoms with Crippen molar-refractivity contribution in [3.8, 4) is 5.75 Å².